The van der Waals surface area contributed by atoms with Gasteiger partial charge in [-0.05, 0) is 18.9 Å². The SMILES string of the molecule is COCCCN1C(=O)C(=O)C(=C(O)c2ccccc2)[C@H]1c1ccc(C)cc1. The highest BCUT2D eigenvalue weighted by molar-refractivity contribution is 6.46. The maximum Gasteiger partial charge on any atom is 0.295 e. The summed E-state index contributed by atoms with van der Waals surface area (Å²) in [5, 5.41) is 10.8. The van der Waals surface area contributed by atoms with Gasteiger partial charge in [0.15, 0.2) is 0 Å². The van der Waals surface area contributed by atoms with Gasteiger partial charge < -0.3 is 14.7 Å². The number of hydrogen-bond acceptors (Lipinski definition) is 4. The highest BCUT2D eigenvalue weighted by atomic mass is 16.5. The van der Waals surface area contributed by atoms with Crippen LogP contribution in [0.1, 0.15) is 29.2 Å². The standard InChI is InChI=1S/C22H23NO4/c1-15-9-11-16(12-10-15)19-18(20(24)17-7-4-3-5-8-17)21(25)22(26)23(19)13-6-14-27-2/h3-5,7-12,19,24H,6,13-14H2,1-2H3/t19-/m1/s1. The first kappa shape index (κ1) is 18.9. The third-order valence-electron chi connectivity index (χ3n) is 4.73. The van der Waals surface area contributed by atoms with Gasteiger partial charge in [0.1, 0.15) is 5.76 Å². The van der Waals surface area contributed by atoms with Crippen LogP contribution in [0.3, 0.4) is 0 Å². The van der Waals surface area contributed by atoms with Crippen LogP contribution in [0.4, 0.5) is 0 Å². The van der Waals surface area contributed by atoms with E-state index in [1.54, 1.807) is 31.4 Å². The van der Waals surface area contributed by atoms with E-state index in [4.69, 9.17) is 4.74 Å². The molecule has 1 amide bonds. The maximum absolute atomic E-state index is 12.8. The minimum absolute atomic E-state index is 0.132. The molecule has 27 heavy (non-hydrogen) atoms. The van der Waals surface area contributed by atoms with Crippen LogP contribution >= 0.6 is 0 Å². The lowest BCUT2D eigenvalue weighted by molar-refractivity contribution is -0.140. The van der Waals surface area contributed by atoms with Crippen LogP contribution in [0.15, 0.2) is 60.2 Å². The van der Waals surface area contributed by atoms with Crippen molar-refractivity contribution in [1.82, 2.24) is 4.90 Å². The van der Waals surface area contributed by atoms with Crippen LogP contribution in [0, 0.1) is 6.92 Å². The van der Waals surface area contributed by atoms with Crippen LogP contribution in [-0.2, 0) is 14.3 Å². The Kier molecular flexibility index (Phi) is 5.72. The van der Waals surface area contributed by atoms with Gasteiger partial charge in [-0.15, -0.1) is 0 Å². The second-order valence-corrected chi connectivity index (χ2v) is 6.62. The number of carbonyl (C=O) groups is 2. The molecular formula is C22H23NO4. The number of likely N-dealkylation sites (tertiary alicyclic amines) is 1. The first-order valence-electron chi connectivity index (χ1n) is 8.94. The Bertz CT molecular complexity index is 856. The Morgan fingerprint density at radius 3 is 2.37 bits per heavy atom. The third-order valence-corrected chi connectivity index (χ3v) is 4.73. The third kappa shape index (κ3) is 3.78. The normalized spacial score (nSPS) is 18.9. The zero-order chi connectivity index (χ0) is 19.4. The molecule has 1 aliphatic heterocycles. The average molecular weight is 365 g/mol. The quantitative estimate of drug-likeness (QED) is 0.368. The Morgan fingerprint density at radius 1 is 1.07 bits per heavy atom. The van der Waals surface area contributed by atoms with Crippen molar-refractivity contribution < 1.29 is 19.4 Å². The molecule has 1 atom stereocenters. The first-order chi connectivity index (χ1) is 13.0. The van der Waals surface area contributed by atoms with E-state index in [-0.39, 0.29) is 11.3 Å². The van der Waals surface area contributed by atoms with E-state index in [1.807, 2.05) is 37.3 Å². The van der Waals surface area contributed by atoms with Crippen LogP contribution < -0.4 is 0 Å². The Balaban J connectivity index is 2.10. The second-order valence-electron chi connectivity index (χ2n) is 6.62. The van der Waals surface area contributed by atoms with Gasteiger partial charge in [-0.2, -0.15) is 0 Å². The van der Waals surface area contributed by atoms with Crippen molar-refractivity contribution in [1.29, 1.82) is 0 Å². The Hall–Kier alpha value is -2.92. The molecule has 1 saturated heterocycles. The van der Waals surface area contributed by atoms with Gasteiger partial charge >= 0.3 is 0 Å². The summed E-state index contributed by atoms with van der Waals surface area (Å²) in [5.74, 6) is -1.39. The van der Waals surface area contributed by atoms with E-state index in [0.29, 0.717) is 25.1 Å². The lowest BCUT2D eigenvalue weighted by Crippen LogP contribution is -2.31. The maximum atomic E-state index is 12.8. The second kappa shape index (κ2) is 8.18. The molecule has 140 valence electrons. The molecule has 1 heterocycles. The zero-order valence-corrected chi connectivity index (χ0v) is 15.5. The number of ether oxygens (including phenoxy) is 1. The minimum Gasteiger partial charge on any atom is -0.507 e. The number of benzene rings is 2. The van der Waals surface area contributed by atoms with Crippen molar-refractivity contribution in [2.24, 2.45) is 0 Å². The average Bonchev–Trinajstić information content (AvgIpc) is 2.94. The summed E-state index contributed by atoms with van der Waals surface area (Å²) in [4.78, 5) is 27.0. The smallest absolute Gasteiger partial charge is 0.295 e. The van der Waals surface area contributed by atoms with E-state index in [9.17, 15) is 14.7 Å². The van der Waals surface area contributed by atoms with Crippen molar-refractivity contribution in [3.8, 4) is 0 Å². The summed E-state index contributed by atoms with van der Waals surface area (Å²) < 4.78 is 5.08. The number of carbonyl (C=O) groups excluding carboxylic acids is 2. The highest BCUT2D eigenvalue weighted by Gasteiger charge is 2.45. The Morgan fingerprint density at radius 2 is 1.74 bits per heavy atom. The fourth-order valence-corrected chi connectivity index (χ4v) is 3.34. The molecule has 2 aromatic rings. The van der Waals surface area contributed by atoms with Gasteiger partial charge in [-0.3, -0.25) is 9.59 Å². The lowest BCUT2D eigenvalue weighted by atomic mass is 9.94. The molecular weight excluding hydrogens is 342 g/mol. The van der Waals surface area contributed by atoms with Crippen molar-refractivity contribution in [3.05, 3.63) is 76.9 Å². The highest BCUT2D eigenvalue weighted by Crippen LogP contribution is 2.39. The number of Topliss-reactive ketones (excluding diaryl/α,β-unsaturated/α-hetero) is 1. The van der Waals surface area contributed by atoms with E-state index in [0.717, 1.165) is 11.1 Å². The molecule has 5 nitrogen and oxygen atoms in total. The lowest BCUT2D eigenvalue weighted by Gasteiger charge is -2.25. The largest absolute Gasteiger partial charge is 0.507 e. The molecule has 3 rings (SSSR count). The van der Waals surface area contributed by atoms with Gasteiger partial charge in [-0.1, -0.05) is 60.2 Å². The Labute approximate surface area is 158 Å². The van der Waals surface area contributed by atoms with Gasteiger partial charge in [0.05, 0.1) is 11.6 Å². The van der Waals surface area contributed by atoms with Crippen LogP contribution in [0.5, 0.6) is 0 Å². The monoisotopic (exact) mass is 365 g/mol. The van der Waals surface area contributed by atoms with E-state index < -0.39 is 17.7 Å². The van der Waals surface area contributed by atoms with Crippen molar-refractivity contribution in [3.63, 3.8) is 0 Å². The molecule has 0 radical (unpaired) electrons. The number of aliphatic hydroxyl groups is 1. The predicted molar refractivity (Wildman–Crippen MR) is 103 cm³/mol. The number of aryl methyl sites for hydroxylation is 1. The summed E-state index contributed by atoms with van der Waals surface area (Å²) in [6.07, 6.45) is 0.608. The summed E-state index contributed by atoms with van der Waals surface area (Å²) in [6.45, 7) is 2.84. The van der Waals surface area contributed by atoms with E-state index in [1.165, 1.54) is 4.90 Å². The predicted octanol–water partition coefficient (Wildman–Crippen LogP) is 3.45. The summed E-state index contributed by atoms with van der Waals surface area (Å²) in [5.41, 5.74) is 2.53. The number of hydrogen-bond donors (Lipinski definition) is 1. The minimum atomic E-state index is -0.653. The molecule has 0 aliphatic carbocycles. The molecule has 1 fully saturated rings. The van der Waals surface area contributed by atoms with E-state index in [2.05, 4.69) is 0 Å². The number of nitrogens with zero attached hydrogens (tertiary/aromatic N) is 1. The summed E-state index contributed by atoms with van der Waals surface area (Å²) in [6, 6.07) is 15.9. The first-order valence-corrected chi connectivity index (χ1v) is 8.94. The summed E-state index contributed by atoms with van der Waals surface area (Å²) >= 11 is 0. The van der Waals surface area contributed by atoms with E-state index >= 15 is 0 Å². The van der Waals surface area contributed by atoms with Crippen LogP contribution in [0.2, 0.25) is 0 Å². The summed E-state index contributed by atoms with van der Waals surface area (Å²) in [7, 11) is 1.60. The number of rotatable bonds is 6. The van der Waals surface area contributed by atoms with Crippen LogP contribution in [0.25, 0.3) is 5.76 Å². The number of amides is 1. The van der Waals surface area contributed by atoms with Gasteiger partial charge in [0, 0.05) is 25.8 Å². The number of ketones is 1. The molecule has 0 saturated carbocycles. The van der Waals surface area contributed by atoms with Crippen molar-refractivity contribution in [2.45, 2.75) is 19.4 Å². The molecule has 0 unspecified atom stereocenters. The fourth-order valence-electron chi connectivity index (χ4n) is 3.34. The number of aliphatic hydroxyl groups excluding tert-OH is 1. The fraction of sp³-hybridized carbons (Fsp3) is 0.273. The zero-order valence-electron chi connectivity index (χ0n) is 15.5. The van der Waals surface area contributed by atoms with Gasteiger partial charge in [0.25, 0.3) is 11.7 Å². The van der Waals surface area contributed by atoms with Crippen LogP contribution in [-0.4, -0.2) is 42.0 Å². The topological polar surface area (TPSA) is 66.8 Å². The van der Waals surface area contributed by atoms with Gasteiger partial charge in [-0.25, -0.2) is 0 Å². The molecule has 1 aliphatic rings. The molecule has 0 bridgehead atoms. The van der Waals surface area contributed by atoms with Crippen molar-refractivity contribution in [2.75, 3.05) is 20.3 Å². The number of methoxy groups -OCH3 is 1. The molecule has 0 aromatic heterocycles. The van der Waals surface area contributed by atoms with Crippen molar-refractivity contribution >= 4 is 17.4 Å². The molecule has 2 aromatic carbocycles. The molecule has 1 N–H and O–H groups in total. The molecule has 0 spiro atoms. The van der Waals surface area contributed by atoms with Gasteiger partial charge in [0.2, 0.25) is 0 Å². The molecule has 5 heteroatoms.